The van der Waals surface area contributed by atoms with Gasteiger partial charge in [-0.05, 0) is 36.6 Å². The van der Waals surface area contributed by atoms with E-state index in [4.69, 9.17) is 11.6 Å². The highest BCUT2D eigenvalue weighted by Crippen LogP contribution is 2.54. The fraction of sp³-hybridized carbons (Fsp3) is 0.417. The van der Waals surface area contributed by atoms with Gasteiger partial charge in [0, 0.05) is 5.02 Å². The van der Waals surface area contributed by atoms with Crippen LogP contribution in [0.4, 0.5) is 0 Å². The van der Waals surface area contributed by atoms with E-state index >= 15 is 0 Å². The van der Waals surface area contributed by atoms with Gasteiger partial charge in [-0.2, -0.15) is 0 Å². The second-order valence-electron chi connectivity index (χ2n) is 4.46. The van der Waals surface area contributed by atoms with Gasteiger partial charge >= 0.3 is 5.97 Å². The second kappa shape index (κ2) is 4.24. The highest BCUT2D eigenvalue weighted by Gasteiger charge is 2.68. The van der Waals surface area contributed by atoms with Crippen LogP contribution in [0.1, 0.15) is 19.8 Å². The highest BCUT2D eigenvalue weighted by molar-refractivity contribution is 7.94. The van der Waals surface area contributed by atoms with Crippen molar-refractivity contribution < 1.29 is 18.3 Å². The molecule has 1 aromatic rings. The lowest BCUT2D eigenvalue weighted by Crippen LogP contribution is -2.34. The third-order valence-electron chi connectivity index (χ3n) is 3.51. The standard InChI is InChI=1S/C12H13ClO4S/c1-2-8-7-12(8,11(14)15)18(16,17)10-5-3-9(13)4-6-10/h3-6,8H,2,7H2,1H3,(H,14,15). The number of aliphatic carboxylic acids is 1. The summed E-state index contributed by atoms with van der Waals surface area (Å²) in [6.07, 6.45) is 0.725. The third kappa shape index (κ3) is 1.73. The monoisotopic (exact) mass is 288 g/mol. The molecule has 0 heterocycles. The van der Waals surface area contributed by atoms with Crippen LogP contribution in [0.25, 0.3) is 0 Å². The van der Waals surface area contributed by atoms with E-state index in [0.29, 0.717) is 11.4 Å². The maximum absolute atomic E-state index is 12.4. The molecule has 0 amide bonds. The minimum atomic E-state index is -3.86. The van der Waals surface area contributed by atoms with Crippen molar-refractivity contribution >= 4 is 27.4 Å². The van der Waals surface area contributed by atoms with E-state index in [1.165, 1.54) is 24.3 Å². The van der Waals surface area contributed by atoms with Crippen LogP contribution in [0.5, 0.6) is 0 Å². The first-order valence-corrected chi connectivity index (χ1v) is 7.46. The lowest BCUT2D eigenvalue weighted by molar-refractivity contribution is -0.137. The fourth-order valence-electron chi connectivity index (χ4n) is 2.31. The Bertz CT molecular complexity index is 579. The van der Waals surface area contributed by atoms with Crippen LogP contribution < -0.4 is 0 Å². The van der Waals surface area contributed by atoms with Gasteiger partial charge in [0.1, 0.15) is 0 Å². The number of rotatable bonds is 4. The van der Waals surface area contributed by atoms with Crippen LogP contribution in [-0.2, 0) is 14.6 Å². The summed E-state index contributed by atoms with van der Waals surface area (Å²) in [4.78, 5) is 11.4. The smallest absolute Gasteiger partial charge is 0.325 e. The predicted octanol–water partition coefficient (Wildman–Crippen LogP) is 2.37. The molecule has 0 bridgehead atoms. The molecule has 0 spiro atoms. The summed E-state index contributed by atoms with van der Waals surface area (Å²) in [5.74, 6) is -1.57. The van der Waals surface area contributed by atoms with E-state index in [1.54, 1.807) is 6.92 Å². The highest BCUT2D eigenvalue weighted by atomic mass is 35.5. The Hall–Kier alpha value is -1.07. The summed E-state index contributed by atoms with van der Waals surface area (Å²) in [6.45, 7) is 1.80. The predicted molar refractivity (Wildman–Crippen MR) is 67.4 cm³/mol. The zero-order valence-electron chi connectivity index (χ0n) is 9.76. The molecule has 1 aliphatic rings. The lowest BCUT2D eigenvalue weighted by atomic mass is 10.2. The Morgan fingerprint density at radius 3 is 2.39 bits per heavy atom. The van der Waals surface area contributed by atoms with Crippen LogP contribution in [0.2, 0.25) is 5.02 Å². The number of hydrogen-bond acceptors (Lipinski definition) is 3. The third-order valence-corrected chi connectivity index (χ3v) is 6.29. The summed E-state index contributed by atoms with van der Waals surface area (Å²) in [5.41, 5.74) is 0. The van der Waals surface area contributed by atoms with E-state index in [2.05, 4.69) is 0 Å². The Kier molecular flexibility index (Phi) is 3.15. The van der Waals surface area contributed by atoms with Gasteiger partial charge in [-0.1, -0.05) is 24.9 Å². The van der Waals surface area contributed by atoms with E-state index in [1.807, 2.05) is 0 Å². The molecule has 2 rings (SSSR count). The largest absolute Gasteiger partial charge is 0.480 e. The molecular formula is C12H13ClO4S. The Morgan fingerprint density at radius 1 is 1.44 bits per heavy atom. The molecule has 1 fully saturated rings. The molecular weight excluding hydrogens is 276 g/mol. The molecule has 0 saturated heterocycles. The van der Waals surface area contributed by atoms with Gasteiger partial charge in [-0.3, -0.25) is 4.79 Å². The summed E-state index contributed by atoms with van der Waals surface area (Å²) in [6, 6.07) is 5.61. The fourth-order valence-corrected chi connectivity index (χ4v) is 4.61. The number of sulfone groups is 1. The molecule has 18 heavy (non-hydrogen) atoms. The van der Waals surface area contributed by atoms with Crippen LogP contribution >= 0.6 is 11.6 Å². The normalized spacial score (nSPS) is 26.9. The lowest BCUT2D eigenvalue weighted by Gasteiger charge is -2.13. The molecule has 1 aliphatic carbocycles. The molecule has 0 aliphatic heterocycles. The van der Waals surface area contributed by atoms with E-state index < -0.39 is 20.6 Å². The number of benzene rings is 1. The second-order valence-corrected chi connectivity index (χ2v) is 7.10. The summed E-state index contributed by atoms with van der Waals surface area (Å²) in [7, 11) is -3.86. The van der Waals surface area contributed by atoms with E-state index in [9.17, 15) is 18.3 Å². The molecule has 4 nitrogen and oxygen atoms in total. The number of hydrogen-bond donors (Lipinski definition) is 1. The number of carboxylic acids is 1. The van der Waals surface area contributed by atoms with Gasteiger partial charge in [0.05, 0.1) is 4.90 Å². The van der Waals surface area contributed by atoms with Gasteiger partial charge in [-0.25, -0.2) is 8.42 Å². The molecule has 0 radical (unpaired) electrons. The van der Waals surface area contributed by atoms with Gasteiger partial charge < -0.3 is 5.11 Å². The van der Waals surface area contributed by atoms with Crippen LogP contribution in [-0.4, -0.2) is 24.2 Å². The molecule has 1 N–H and O–H groups in total. The molecule has 6 heteroatoms. The van der Waals surface area contributed by atoms with E-state index in [-0.39, 0.29) is 17.2 Å². The van der Waals surface area contributed by atoms with Crippen LogP contribution in [0.3, 0.4) is 0 Å². The van der Waals surface area contributed by atoms with Gasteiger partial charge in [0.25, 0.3) is 0 Å². The maximum atomic E-state index is 12.4. The topological polar surface area (TPSA) is 71.4 Å². The van der Waals surface area contributed by atoms with Gasteiger partial charge in [0.2, 0.25) is 0 Å². The van der Waals surface area contributed by atoms with Crippen molar-refractivity contribution in [2.75, 3.05) is 0 Å². The Balaban J connectivity index is 2.49. The van der Waals surface area contributed by atoms with Crippen LogP contribution in [0.15, 0.2) is 29.2 Å². The first-order chi connectivity index (χ1) is 8.36. The minimum Gasteiger partial charge on any atom is -0.480 e. The molecule has 98 valence electrons. The van der Waals surface area contributed by atoms with Crippen molar-refractivity contribution in [1.82, 2.24) is 0 Å². The molecule has 2 unspecified atom stereocenters. The summed E-state index contributed by atoms with van der Waals surface area (Å²) in [5, 5.41) is 9.67. The van der Waals surface area contributed by atoms with Crippen molar-refractivity contribution in [3.8, 4) is 0 Å². The molecule has 1 aromatic carbocycles. The summed E-state index contributed by atoms with van der Waals surface area (Å²) < 4.78 is 23.2. The average molecular weight is 289 g/mol. The van der Waals surface area contributed by atoms with Crippen molar-refractivity contribution in [3.63, 3.8) is 0 Å². The first-order valence-electron chi connectivity index (χ1n) is 5.60. The van der Waals surface area contributed by atoms with Crippen molar-refractivity contribution in [1.29, 1.82) is 0 Å². The number of carboxylic acid groups (broad SMARTS) is 1. The number of halogens is 1. The molecule has 1 saturated carbocycles. The van der Waals surface area contributed by atoms with E-state index in [0.717, 1.165) is 0 Å². The first kappa shape index (κ1) is 13.4. The van der Waals surface area contributed by atoms with Crippen molar-refractivity contribution in [3.05, 3.63) is 29.3 Å². The van der Waals surface area contributed by atoms with Crippen molar-refractivity contribution in [2.24, 2.45) is 5.92 Å². The maximum Gasteiger partial charge on any atom is 0.325 e. The zero-order valence-corrected chi connectivity index (χ0v) is 11.3. The number of carbonyl (C=O) groups is 1. The molecule has 0 aromatic heterocycles. The zero-order chi connectivity index (χ0) is 13.6. The molecule has 2 atom stereocenters. The quantitative estimate of drug-likeness (QED) is 0.923. The van der Waals surface area contributed by atoms with Gasteiger partial charge in [0.15, 0.2) is 14.6 Å². The van der Waals surface area contributed by atoms with Gasteiger partial charge in [-0.15, -0.1) is 0 Å². The minimum absolute atomic E-state index is 0.0188. The summed E-state index contributed by atoms with van der Waals surface area (Å²) >= 11 is 5.70. The Labute approximate surface area is 110 Å². The van der Waals surface area contributed by atoms with Crippen LogP contribution in [0, 0.1) is 5.92 Å². The van der Waals surface area contributed by atoms with Crippen molar-refractivity contribution in [2.45, 2.75) is 29.4 Å². The average Bonchev–Trinajstić information content (AvgIpc) is 3.05. The Morgan fingerprint density at radius 2 is 2.00 bits per heavy atom. The SMILES string of the molecule is CCC1CC1(C(=O)O)S(=O)(=O)c1ccc(Cl)cc1.